The van der Waals surface area contributed by atoms with Crippen LogP contribution in [0.25, 0.3) is 22.2 Å². The van der Waals surface area contributed by atoms with Crippen molar-refractivity contribution in [2.24, 2.45) is 0 Å². The smallest absolute Gasteiger partial charge is 0.224 e. The first-order chi connectivity index (χ1) is 16.6. The van der Waals surface area contributed by atoms with E-state index in [1.807, 2.05) is 18.3 Å². The predicted octanol–water partition coefficient (Wildman–Crippen LogP) is 7.40. The number of hydrogen-bond acceptors (Lipinski definition) is 5. The van der Waals surface area contributed by atoms with Crippen molar-refractivity contribution in [3.05, 3.63) is 36.7 Å². The molecule has 0 radical (unpaired) electrons. The molecule has 0 amide bonds. The number of aromatic nitrogens is 3. The number of benzene rings is 1. The Morgan fingerprint density at radius 1 is 1.11 bits per heavy atom. The van der Waals surface area contributed by atoms with Crippen LogP contribution >= 0.6 is 0 Å². The Balaban J connectivity index is 1.61. The largest absolute Gasteiger partial charge is 0.414 e. The summed E-state index contributed by atoms with van der Waals surface area (Å²) < 4.78 is 9.16. The van der Waals surface area contributed by atoms with Crippen LogP contribution in [-0.2, 0) is 4.43 Å². The maximum atomic E-state index is 6.76. The number of nitrogens with two attached hydrogens (primary N) is 1. The molecule has 3 N–H and O–H groups in total. The van der Waals surface area contributed by atoms with E-state index in [1.165, 1.54) is 5.56 Å². The molecule has 1 aliphatic carbocycles. The topological polar surface area (TPSA) is 78.0 Å². The molecule has 0 aliphatic heterocycles. The Labute approximate surface area is 211 Å². The molecule has 2 aromatic heterocycles. The lowest BCUT2D eigenvalue weighted by molar-refractivity contribution is 0.119. The molecule has 0 unspecified atom stereocenters. The summed E-state index contributed by atoms with van der Waals surface area (Å²) in [4.78, 5) is 9.63. The normalized spacial score (nSPS) is 19.3. The van der Waals surface area contributed by atoms with Gasteiger partial charge in [-0.05, 0) is 67.9 Å². The highest BCUT2D eigenvalue weighted by molar-refractivity contribution is 6.74. The van der Waals surface area contributed by atoms with Crippen molar-refractivity contribution in [3.63, 3.8) is 0 Å². The second-order valence-electron chi connectivity index (χ2n) is 11.6. The molecule has 190 valence electrons. The number of nitrogens with one attached hydrogen (secondary N) is 1. The molecule has 1 fully saturated rings. The molecule has 2 heterocycles. The van der Waals surface area contributed by atoms with Crippen LogP contribution in [0.3, 0.4) is 0 Å². The third-order valence-electron chi connectivity index (χ3n) is 7.91. The Morgan fingerprint density at radius 2 is 1.80 bits per heavy atom. The van der Waals surface area contributed by atoms with E-state index in [2.05, 4.69) is 74.0 Å². The molecule has 1 aliphatic rings. The first kappa shape index (κ1) is 25.7. The molecular weight excluding hydrogens is 450 g/mol. The summed E-state index contributed by atoms with van der Waals surface area (Å²) in [6.07, 6.45) is 11.3. The van der Waals surface area contributed by atoms with Crippen molar-refractivity contribution >= 4 is 31.0 Å². The fraction of sp³-hybridized carbons (Fsp3) is 0.571. The predicted molar refractivity (Wildman–Crippen MR) is 150 cm³/mol. The summed E-state index contributed by atoms with van der Waals surface area (Å²) in [6, 6.07) is 8.52. The fourth-order valence-corrected chi connectivity index (χ4v) is 6.12. The minimum absolute atomic E-state index is 0.243. The van der Waals surface area contributed by atoms with Crippen molar-refractivity contribution in [1.29, 1.82) is 0 Å². The molecule has 7 heteroatoms. The summed E-state index contributed by atoms with van der Waals surface area (Å²) in [5.41, 5.74) is 10.1. The molecular formula is C28H43N5OSi. The average molecular weight is 494 g/mol. The van der Waals surface area contributed by atoms with Crippen LogP contribution in [0.1, 0.15) is 72.3 Å². The number of unbranched alkanes of at least 4 members (excludes halogenated alkanes) is 1. The lowest BCUT2D eigenvalue weighted by Gasteiger charge is -2.41. The van der Waals surface area contributed by atoms with Crippen molar-refractivity contribution < 1.29 is 4.43 Å². The standard InChI is InChI=1S/C28H43N5OSi/c1-7-8-17-30-27-31-18-24-25(20-9-11-21(29)12-10-20)19-33(26(24)32-27)22-13-15-23(16-14-22)34-35(5,6)28(2,3)4/h9-12,18-19,22-23H,7-8,13-17,29H2,1-6H3,(H,30,31,32). The zero-order valence-electron chi connectivity index (χ0n) is 22.4. The minimum Gasteiger partial charge on any atom is -0.414 e. The minimum atomic E-state index is -1.75. The second kappa shape index (κ2) is 10.3. The van der Waals surface area contributed by atoms with Crippen LogP contribution in [0.5, 0.6) is 0 Å². The monoisotopic (exact) mass is 493 g/mol. The Bertz CT molecular complexity index is 1120. The van der Waals surface area contributed by atoms with Gasteiger partial charge in [-0.2, -0.15) is 4.98 Å². The third kappa shape index (κ3) is 5.72. The molecule has 0 saturated heterocycles. The molecule has 3 aromatic rings. The van der Waals surface area contributed by atoms with Crippen LogP contribution in [0.2, 0.25) is 18.1 Å². The maximum Gasteiger partial charge on any atom is 0.224 e. The van der Waals surface area contributed by atoms with Gasteiger partial charge in [-0.1, -0.05) is 46.2 Å². The molecule has 1 saturated carbocycles. The molecule has 4 rings (SSSR count). The van der Waals surface area contributed by atoms with E-state index in [4.69, 9.17) is 15.1 Å². The highest BCUT2D eigenvalue weighted by atomic mass is 28.4. The van der Waals surface area contributed by atoms with Crippen molar-refractivity contribution in [2.75, 3.05) is 17.6 Å². The SMILES string of the molecule is CCCCNc1ncc2c(-c3ccc(N)cc3)cn(C3CCC(O[Si](C)(C)C(C)(C)C)CC3)c2n1. The van der Waals surface area contributed by atoms with Crippen molar-refractivity contribution in [2.45, 2.75) is 96.5 Å². The van der Waals surface area contributed by atoms with Gasteiger partial charge >= 0.3 is 0 Å². The zero-order chi connectivity index (χ0) is 25.2. The molecule has 0 bridgehead atoms. The summed E-state index contributed by atoms with van der Waals surface area (Å²) in [5.74, 6) is 0.712. The van der Waals surface area contributed by atoms with Gasteiger partial charge in [0, 0.05) is 47.7 Å². The number of hydrogen-bond donors (Lipinski definition) is 2. The van der Waals surface area contributed by atoms with E-state index in [0.717, 1.165) is 67.4 Å². The molecule has 6 nitrogen and oxygen atoms in total. The number of nitrogen functional groups attached to an aromatic ring is 1. The van der Waals surface area contributed by atoms with Gasteiger partial charge < -0.3 is 20.0 Å². The number of anilines is 2. The van der Waals surface area contributed by atoms with Crippen LogP contribution in [0, 0.1) is 0 Å². The first-order valence-electron chi connectivity index (χ1n) is 13.2. The highest BCUT2D eigenvalue weighted by Crippen LogP contribution is 2.41. The summed E-state index contributed by atoms with van der Waals surface area (Å²) in [6.45, 7) is 14.8. The van der Waals surface area contributed by atoms with Crippen LogP contribution < -0.4 is 11.1 Å². The molecule has 0 spiro atoms. The van der Waals surface area contributed by atoms with Gasteiger partial charge in [-0.3, -0.25) is 0 Å². The van der Waals surface area contributed by atoms with E-state index in [1.54, 1.807) is 0 Å². The molecule has 0 atom stereocenters. The third-order valence-corrected chi connectivity index (χ3v) is 12.4. The van der Waals surface area contributed by atoms with Gasteiger partial charge in [-0.25, -0.2) is 4.98 Å². The van der Waals surface area contributed by atoms with Gasteiger partial charge in [-0.15, -0.1) is 0 Å². The molecule has 1 aromatic carbocycles. The average Bonchev–Trinajstić information content (AvgIpc) is 3.18. The summed E-state index contributed by atoms with van der Waals surface area (Å²) >= 11 is 0. The fourth-order valence-electron chi connectivity index (χ4n) is 4.70. The van der Waals surface area contributed by atoms with Gasteiger partial charge in [0.2, 0.25) is 5.95 Å². The quantitative estimate of drug-likeness (QED) is 0.194. The first-order valence-corrected chi connectivity index (χ1v) is 16.1. The van der Waals surface area contributed by atoms with E-state index >= 15 is 0 Å². The van der Waals surface area contributed by atoms with E-state index < -0.39 is 8.32 Å². The van der Waals surface area contributed by atoms with E-state index in [9.17, 15) is 0 Å². The van der Waals surface area contributed by atoms with Crippen molar-refractivity contribution in [1.82, 2.24) is 14.5 Å². The summed E-state index contributed by atoms with van der Waals surface area (Å²) in [5, 5.41) is 4.74. The molecule has 35 heavy (non-hydrogen) atoms. The summed E-state index contributed by atoms with van der Waals surface area (Å²) in [7, 11) is -1.75. The number of fused-ring (bicyclic) bond motifs is 1. The maximum absolute atomic E-state index is 6.76. The lowest BCUT2D eigenvalue weighted by Crippen LogP contribution is -2.44. The Kier molecular flexibility index (Phi) is 7.57. The zero-order valence-corrected chi connectivity index (χ0v) is 23.4. The lowest BCUT2D eigenvalue weighted by atomic mass is 9.93. The van der Waals surface area contributed by atoms with Gasteiger partial charge in [0.1, 0.15) is 5.65 Å². The number of nitrogens with zero attached hydrogens (tertiary/aromatic N) is 3. The Morgan fingerprint density at radius 3 is 2.43 bits per heavy atom. The second-order valence-corrected chi connectivity index (χ2v) is 16.3. The number of rotatable bonds is 8. The van der Waals surface area contributed by atoms with Crippen LogP contribution in [0.15, 0.2) is 36.7 Å². The van der Waals surface area contributed by atoms with E-state index in [-0.39, 0.29) is 5.04 Å². The highest BCUT2D eigenvalue weighted by Gasteiger charge is 2.40. The van der Waals surface area contributed by atoms with Gasteiger partial charge in [0.25, 0.3) is 0 Å². The van der Waals surface area contributed by atoms with E-state index in [0.29, 0.717) is 18.1 Å². The van der Waals surface area contributed by atoms with Gasteiger partial charge in [0.15, 0.2) is 8.32 Å². The van der Waals surface area contributed by atoms with Crippen LogP contribution in [-0.4, -0.2) is 35.5 Å². The van der Waals surface area contributed by atoms with Crippen LogP contribution in [0.4, 0.5) is 11.6 Å². The Hall–Kier alpha value is -2.38. The van der Waals surface area contributed by atoms with Crippen molar-refractivity contribution in [3.8, 4) is 11.1 Å². The van der Waals surface area contributed by atoms with Gasteiger partial charge in [0.05, 0.1) is 0 Å².